The van der Waals surface area contributed by atoms with Gasteiger partial charge in [-0.3, -0.25) is 29.4 Å². The second-order valence-corrected chi connectivity index (χ2v) is 6.51. The Bertz CT molecular complexity index is 988. The Labute approximate surface area is 162 Å². The normalized spacial score (nSPS) is 15.1. The quantitative estimate of drug-likeness (QED) is 0.441. The summed E-state index contributed by atoms with van der Waals surface area (Å²) in [5.74, 6) is -0.736. The van der Waals surface area contributed by atoms with Crippen LogP contribution in [0.15, 0.2) is 47.5 Å². The third kappa shape index (κ3) is 4.32. The number of primary amides is 1. The predicted molar refractivity (Wildman–Crippen MR) is 99.3 cm³/mol. The molecule has 11 heteroatoms. The maximum atomic E-state index is 12.2. The monoisotopic (exact) mass is 400 g/mol. The van der Waals surface area contributed by atoms with Crippen LogP contribution in [0.1, 0.15) is 5.56 Å². The Morgan fingerprint density at radius 3 is 2.54 bits per heavy atom. The zero-order chi connectivity index (χ0) is 20.3. The summed E-state index contributed by atoms with van der Waals surface area (Å²) in [5, 5.41) is 10.1. The smallest absolute Gasteiger partial charge is 0.294 e. The van der Waals surface area contributed by atoms with Crippen molar-refractivity contribution in [2.45, 2.75) is 0 Å². The van der Waals surface area contributed by atoms with Gasteiger partial charge in [-0.25, -0.2) is 4.98 Å². The molecule has 1 aliphatic heterocycles. The molecule has 0 bridgehead atoms. The van der Waals surface area contributed by atoms with Crippen LogP contribution in [0.4, 0.5) is 10.5 Å². The molecule has 28 heavy (non-hydrogen) atoms. The number of carbonyl (C=O) groups is 3. The van der Waals surface area contributed by atoms with Crippen molar-refractivity contribution >= 4 is 40.6 Å². The van der Waals surface area contributed by atoms with Crippen molar-refractivity contribution in [1.82, 2.24) is 9.88 Å². The largest absolute Gasteiger partial charge is 0.439 e. The first kappa shape index (κ1) is 19.0. The predicted octanol–water partition coefficient (Wildman–Crippen LogP) is 2.30. The molecule has 3 rings (SSSR count). The number of carbonyl (C=O) groups excluding carboxylic acids is 3. The van der Waals surface area contributed by atoms with Crippen LogP contribution in [0.5, 0.6) is 11.6 Å². The minimum Gasteiger partial charge on any atom is -0.439 e. The molecule has 0 aliphatic carbocycles. The topological polar surface area (TPSA) is 146 Å². The molecule has 1 aromatic heterocycles. The van der Waals surface area contributed by atoms with Gasteiger partial charge in [-0.2, -0.15) is 0 Å². The maximum absolute atomic E-state index is 12.2. The summed E-state index contributed by atoms with van der Waals surface area (Å²) in [6.45, 7) is -0.461. The van der Waals surface area contributed by atoms with E-state index in [1.165, 1.54) is 18.2 Å². The molecule has 2 N–H and O–H groups in total. The van der Waals surface area contributed by atoms with Gasteiger partial charge >= 0.3 is 0 Å². The molecule has 142 valence electrons. The van der Waals surface area contributed by atoms with Crippen molar-refractivity contribution in [3.05, 3.63) is 63.2 Å². The van der Waals surface area contributed by atoms with E-state index in [1.54, 1.807) is 24.3 Å². The van der Waals surface area contributed by atoms with Crippen molar-refractivity contribution in [1.29, 1.82) is 0 Å². The third-order valence-corrected chi connectivity index (χ3v) is 4.43. The van der Waals surface area contributed by atoms with E-state index in [0.29, 0.717) is 11.3 Å². The van der Waals surface area contributed by atoms with Crippen molar-refractivity contribution in [2.24, 2.45) is 5.73 Å². The Morgan fingerprint density at radius 1 is 1.25 bits per heavy atom. The molecular weight excluding hydrogens is 388 g/mol. The summed E-state index contributed by atoms with van der Waals surface area (Å²) >= 11 is 0.724. The summed E-state index contributed by atoms with van der Waals surface area (Å²) in [6, 6.07) is 9.19. The van der Waals surface area contributed by atoms with E-state index in [-0.39, 0.29) is 16.5 Å². The number of hydrogen-bond acceptors (Lipinski definition) is 8. The number of rotatable bonds is 6. The highest BCUT2D eigenvalue weighted by molar-refractivity contribution is 8.18. The Hall–Kier alpha value is -3.73. The molecule has 0 spiro atoms. The highest BCUT2D eigenvalue weighted by atomic mass is 32.2. The van der Waals surface area contributed by atoms with Gasteiger partial charge < -0.3 is 10.5 Å². The molecule has 0 radical (unpaired) electrons. The second kappa shape index (κ2) is 7.88. The fraction of sp³-hybridized carbons (Fsp3) is 0.0588. The highest BCUT2D eigenvalue weighted by Gasteiger charge is 2.35. The van der Waals surface area contributed by atoms with Crippen LogP contribution >= 0.6 is 11.8 Å². The van der Waals surface area contributed by atoms with Gasteiger partial charge in [0, 0.05) is 12.1 Å². The molecule has 2 aromatic rings. The van der Waals surface area contributed by atoms with Gasteiger partial charge in [0.05, 0.1) is 9.83 Å². The fourth-order valence-corrected chi connectivity index (χ4v) is 3.08. The van der Waals surface area contributed by atoms with E-state index in [0.717, 1.165) is 22.9 Å². The number of hydrogen-bond donors (Lipinski definition) is 1. The van der Waals surface area contributed by atoms with Crippen molar-refractivity contribution < 1.29 is 24.0 Å². The van der Waals surface area contributed by atoms with Gasteiger partial charge in [0.1, 0.15) is 18.5 Å². The lowest BCUT2D eigenvalue weighted by molar-refractivity contribution is -0.385. The lowest BCUT2D eigenvalue weighted by atomic mass is 10.2. The lowest BCUT2D eigenvalue weighted by Crippen LogP contribution is -2.36. The molecule has 1 saturated heterocycles. The molecule has 0 unspecified atom stereocenters. The Balaban J connectivity index is 1.70. The van der Waals surface area contributed by atoms with Gasteiger partial charge in [-0.05, 0) is 35.5 Å². The molecule has 10 nitrogen and oxygen atoms in total. The van der Waals surface area contributed by atoms with Crippen molar-refractivity contribution in [3.63, 3.8) is 0 Å². The van der Waals surface area contributed by atoms with E-state index in [9.17, 15) is 24.5 Å². The lowest BCUT2D eigenvalue weighted by Gasteiger charge is -2.08. The van der Waals surface area contributed by atoms with Crippen LogP contribution in [0.3, 0.4) is 0 Å². The van der Waals surface area contributed by atoms with Gasteiger partial charge in [-0.15, -0.1) is 0 Å². The van der Waals surface area contributed by atoms with Crippen molar-refractivity contribution in [2.75, 3.05) is 6.54 Å². The number of thioether (sulfide) groups is 1. The molecule has 1 aliphatic rings. The first-order chi connectivity index (χ1) is 13.3. The van der Waals surface area contributed by atoms with E-state index < -0.39 is 28.5 Å². The second-order valence-electron chi connectivity index (χ2n) is 5.52. The molecule has 2 heterocycles. The van der Waals surface area contributed by atoms with E-state index >= 15 is 0 Å². The summed E-state index contributed by atoms with van der Waals surface area (Å²) in [5.41, 5.74) is 5.52. The van der Waals surface area contributed by atoms with Crippen LogP contribution in [-0.2, 0) is 9.59 Å². The minimum atomic E-state index is -0.773. The molecule has 0 atom stereocenters. The van der Waals surface area contributed by atoms with Gasteiger partial charge in [-0.1, -0.05) is 12.1 Å². The highest BCUT2D eigenvalue weighted by Crippen LogP contribution is 2.32. The maximum Gasteiger partial charge on any atom is 0.294 e. The number of amides is 3. The molecule has 1 aromatic carbocycles. The van der Waals surface area contributed by atoms with Gasteiger partial charge in [0.2, 0.25) is 11.8 Å². The number of nitrogens with zero attached hydrogens (tertiary/aromatic N) is 3. The van der Waals surface area contributed by atoms with Gasteiger partial charge in [0.15, 0.2) is 0 Å². The van der Waals surface area contributed by atoms with Crippen LogP contribution in [0, 0.1) is 10.1 Å². The molecule has 3 amide bonds. The average Bonchev–Trinajstić information content (AvgIpc) is 2.91. The number of aromatic nitrogens is 1. The summed E-state index contributed by atoms with van der Waals surface area (Å²) < 4.78 is 5.50. The zero-order valence-corrected chi connectivity index (χ0v) is 14.9. The van der Waals surface area contributed by atoms with Crippen LogP contribution < -0.4 is 10.5 Å². The SMILES string of the molecule is NC(=O)CN1C(=O)S/C(=C\c2ccc(Oc3ccc([N+](=O)[O-])cn3)cc2)C1=O. The minimum absolute atomic E-state index is 0.145. The van der Waals surface area contributed by atoms with E-state index in [2.05, 4.69) is 4.98 Å². The number of benzene rings is 1. The molecular formula is C17H12N4O6S. The number of pyridine rings is 1. The number of nitrogens with two attached hydrogens (primary N) is 1. The van der Waals surface area contributed by atoms with E-state index in [4.69, 9.17) is 10.5 Å². The third-order valence-electron chi connectivity index (χ3n) is 3.52. The first-order valence-corrected chi connectivity index (χ1v) is 8.57. The average molecular weight is 400 g/mol. The zero-order valence-electron chi connectivity index (χ0n) is 14.1. The van der Waals surface area contributed by atoms with Crippen LogP contribution in [0.2, 0.25) is 0 Å². The standard InChI is InChI=1S/C17H12N4O6S/c18-14(22)9-20-16(23)13(28-17(20)24)7-10-1-4-12(5-2-10)27-15-6-3-11(8-19-15)21(25)26/h1-8H,9H2,(H2,18,22)/b13-7-. The summed E-state index contributed by atoms with van der Waals surface area (Å²) in [4.78, 5) is 49.8. The molecule has 1 fully saturated rings. The number of nitro groups is 1. The first-order valence-electron chi connectivity index (χ1n) is 7.75. The van der Waals surface area contributed by atoms with Crippen LogP contribution in [-0.4, -0.2) is 38.4 Å². The Morgan fingerprint density at radius 2 is 1.96 bits per heavy atom. The van der Waals surface area contributed by atoms with E-state index in [1.807, 2.05) is 0 Å². The summed E-state index contributed by atoms with van der Waals surface area (Å²) in [7, 11) is 0. The number of ether oxygens (including phenoxy) is 1. The van der Waals surface area contributed by atoms with Crippen molar-refractivity contribution in [3.8, 4) is 11.6 Å². The number of imide groups is 1. The van der Waals surface area contributed by atoms with Crippen LogP contribution in [0.25, 0.3) is 6.08 Å². The Kier molecular flexibility index (Phi) is 5.36. The van der Waals surface area contributed by atoms with Gasteiger partial charge in [0.25, 0.3) is 16.8 Å². The fourth-order valence-electron chi connectivity index (χ4n) is 2.24. The molecule has 0 saturated carbocycles. The summed E-state index contributed by atoms with van der Waals surface area (Å²) in [6.07, 6.45) is 2.60.